The number of carbonyl (C=O) groups is 2. The summed E-state index contributed by atoms with van der Waals surface area (Å²) in [5.41, 5.74) is 0. The first kappa shape index (κ1) is 58.0. The van der Waals surface area contributed by atoms with Crippen LogP contribution in [0.3, 0.4) is 0 Å². The number of hydrogen-bond donors (Lipinski definition) is 1. The van der Waals surface area contributed by atoms with E-state index in [-0.39, 0.29) is 25.6 Å². The molecule has 0 aromatic rings. The predicted molar refractivity (Wildman–Crippen MR) is 248 cm³/mol. The molecule has 0 fully saturated rings. The first-order chi connectivity index (χ1) is 28.5. The van der Waals surface area contributed by atoms with E-state index in [2.05, 4.69) is 13.8 Å². The summed E-state index contributed by atoms with van der Waals surface area (Å²) in [6.07, 6.45) is 44.4. The zero-order valence-electron chi connectivity index (χ0n) is 39.8. The van der Waals surface area contributed by atoms with E-state index in [1.54, 1.807) is 0 Å². The molecule has 0 saturated carbocycles. The van der Waals surface area contributed by atoms with Crippen LogP contribution in [0.4, 0.5) is 0 Å². The van der Waals surface area contributed by atoms with Crippen LogP contribution in [0.5, 0.6) is 0 Å². The molecule has 0 saturated heterocycles. The van der Waals surface area contributed by atoms with Crippen molar-refractivity contribution in [3.8, 4) is 0 Å². The molecule has 0 aliphatic rings. The monoisotopic (exact) mass is 861 g/mol. The summed E-state index contributed by atoms with van der Waals surface area (Å²) in [6.45, 7) is 4.48. The van der Waals surface area contributed by atoms with Gasteiger partial charge in [0.15, 0.2) is 6.10 Å². The van der Waals surface area contributed by atoms with Crippen molar-refractivity contribution >= 4 is 19.8 Å². The first-order valence-electron chi connectivity index (χ1n) is 25.3. The normalized spacial score (nSPS) is 13.4. The molecule has 1 unspecified atom stereocenters. The van der Waals surface area contributed by atoms with Crippen LogP contribution in [-0.2, 0) is 32.7 Å². The van der Waals surface area contributed by atoms with Gasteiger partial charge in [-0.2, -0.15) is 0 Å². The number of quaternary nitrogens is 1. The second kappa shape index (κ2) is 42.3. The van der Waals surface area contributed by atoms with Crippen molar-refractivity contribution in [3.05, 3.63) is 0 Å². The van der Waals surface area contributed by atoms with Crippen LogP contribution >= 0.6 is 7.82 Å². The van der Waals surface area contributed by atoms with Crippen LogP contribution in [0.25, 0.3) is 0 Å². The van der Waals surface area contributed by atoms with Gasteiger partial charge < -0.3 is 18.9 Å². The summed E-state index contributed by atoms with van der Waals surface area (Å²) in [5, 5.41) is 0. The van der Waals surface area contributed by atoms with Crippen molar-refractivity contribution in [2.24, 2.45) is 0 Å². The number of likely N-dealkylation sites (N-methyl/N-ethyl adjacent to an activating group) is 1. The molecule has 0 aromatic carbocycles. The molecule has 0 aliphatic carbocycles. The molecule has 0 amide bonds. The van der Waals surface area contributed by atoms with Gasteiger partial charge in [0.2, 0.25) is 0 Å². The summed E-state index contributed by atoms with van der Waals surface area (Å²) in [6, 6.07) is 0. The van der Waals surface area contributed by atoms with Crippen molar-refractivity contribution in [2.75, 3.05) is 47.5 Å². The van der Waals surface area contributed by atoms with E-state index in [9.17, 15) is 19.0 Å². The van der Waals surface area contributed by atoms with Gasteiger partial charge in [0.1, 0.15) is 19.8 Å². The molecule has 352 valence electrons. The number of ether oxygens (including phenoxy) is 2. The Morgan fingerprint density at radius 2 is 0.763 bits per heavy atom. The Bertz CT molecular complexity index is 974. The summed E-state index contributed by atoms with van der Waals surface area (Å²) in [4.78, 5) is 35.5. The lowest BCUT2D eigenvalue weighted by Gasteiger charge is -2.24. The maximum atomic E-state index is 12.7. The van der Waals surface area contributed by atoms with E-state index in [4.69, 9.17) is 18.5 Å². The SMILES string of the molecule is CCCCCCCCCCCCCCCCCCCCCCCC(=O)O[C@H](COC(=O)CCCCCCCCCCCCCCCC)COP(=O)(O)OCC[N+](C)(C)C. The van der Waals surface area contributed by atoms with Crippen molar-refractivity contribution in [1.29, 1.82) is 0 Å². The first-order valence-corrected chi connectivity index (χ1v) is 26.8. The van der Waals surface area contributed by atoms with Gasteiger partial charge >= 0.3 is 19.8 Å². The molecule has 0 aliphatic heterocycles. The summed E-state index contributed by atoms with van der Waals surface area (Å²) in [5.74, 6) is -0.779. The molecule has 1 N–H and O–H groups in total. The Morgan fingerprint density at radius 1 is 0.458 bits per heavy atom. The lowest BCUT2D eigenvalue weighted by atomic mass is 10.0. The van der Waals surface area contributed by atoms with E-state index in [1.165, 1.54) is 186 Å². The number of unbranched alkanes of at least 4 members (excludes halogenated alkanes) is 33. The van der Waals surface area contributed by atoms with Gasteiger partial charge in [0, 0.05) is 12.8 Å². The van der Waals surface area contributed by atoms with E-state index < -0.39 is 26.5 Å². The van der Waals surface area contributed by atoms with E-state index >= 15 is 0 Å². The minimum atomic E-state index is -4.37. The number of nitrogens with zero attached hydrogens (tertiary/aromatic N) is 1. The predicted octanol–water partition coefficient (Wildman–Crippen LogP) is 14.8. The molecule has 0 aromatic heterocycles. The van der Waals surface area contributed by atoms with Gasteiger partial charge in [-0.15, -0.1) is 0 Å². The summed E-state index contributed by atoms with van der Waals surface area (Å²) in [7, 11) is 1.50. The highest BCUT2D eigenvalue weighted by Crippen LogP contribution is 2.43. The number of phosphoric ester groups is 1. The Labute approximate surface area is 365 Å². The molecule has 0 radical (unpaired) electrons. The highest BCUT2D eigenvalue weighted by molar-refractivity contribution is 7.47. The molecule has 0 bridgehead atoms. The zero-order chi connectivity index (χ0) is 43.6. The maximum absolute atomic E-state index is 12.7. The Morgan fingerprint density at radius 3 is 1.08 bits per heavy atom. The zero-order valence-corrected chi connectivity index (χ0v) is 40.7. The number of esters is 2. The molecule has 2 atom stereocenters. The van der Waals surface area contributed by atoms with Gasteiger partial charge in [-0.3, -0.25) is 18.6 Å². The van der Waals surface area contributed by atoms with Gasteiger partial charge in [0.05, 0.1) is 27.7 Å². The van der Waals surface area contributed by atoms with Gasteiger partial charge in [0.25, 0.3) is 0 Å². The van der Waals surface area contributed by atoms with E-state index in [0.29, 0.717) is 17.4 Å². The molecule has 10 heteroatoms. The lowest BCUT2D eigenvalue weighted by Crippen LogP contribution is -2.37. The van der Waals surface area contributed by atoms with E-state index in [1.807, 2.05) is 21.1 Å². The van der Waals surface area contributed by atoms with Crippen molar-refractivity contribution in [3.63, 3.8) is 0 Å². The highest BCUT2D eigenvalue weighted by atomic mass is 31.2. The molecular formula is C49H99NO8P+. The number of hydrogen-bond acceptors (Lipinski definition) is 7. The minimum Gasteiger partial charge on any atom is -0.462 e. The van der Waals surface area contributed by atoms with Crippen LogP contribution in [-0.4, -0.2) is 74.9 Å². The molecule has 0 heterocycles. The number of rotatable bonds is 47. The van der Waals surface area contributed by atoms with Crippen molar-refractivity contribution in [1.82, 2.24) is 0 Å². The Kier molecular flexibility index (Phi) is 41.6. The van der Waals surface area contributed by atoms with Crippen LogP contribution in [0, 0.1) is 0 Å². The topological polar surface area (TPSA) is 108 Å². The van der Waals surface area contributed by atoms with Crippen molar-refractivity contribution in [2.45, 2.75) is 258 Å². The van der Waals surface area contributed by atoms with Crippen LogP contribution in [0.1, 0.15) is 251 Å². The Hall–Kier alpha value is -0.990. The highest BCUT2D eigenvalue weighted by Gasteiger charge is 2.27. The van der Waals surface area contributed by atoms with Gasteiger partial charge in [-0.25, -0.2) is 4.57 Å². The molecule has 0 spiro atoms. The molecule has 59 heavy (non-hydrogen) atoms. The largest absolute Gasteiger partial charge is 0.472 e. The third-order valence-electron chi connectivity index (χ3n) is 11.4. The van der Waals surface area contributed by atoms with Crippen LogP contribution in [0.15, 0.2) is 0 Å². The fourth-order valence-corrected chi connectivity index (χ4v) is 8.17. The van der Waals surface area contributed by atoms with E-state index in [0.717, 1.165) is 38.5 Å². The fraction of sp³-hybridized carbons (Fsp3) is 0.959. The second-order valence-electron chi connectivity index (χ2n) is 18.6. The van der Waals surface area contributed by atoms with Crippen LogP contribution in [0.2, 0.25) is 0 Å². The number of phosphoric acid groups is 1. The molecule has 9 nitrogen and oxygen atoms in total. The standard InChI is InChI=1S/C49H98NO8P/c1-6-8-10-12-14-16-18-20-22-23-24-25-26-27-28-30-32-34-36-38-40-42-49(52)58-47(46-57-59(53,54)56-44-43-50(3,4)5)45-55-48(51)41-39-37-35-33-31-29-21-19-17-15-13-11-9-7-2/h47H,6-46H2,1-5H3/p+1/t47-/m1/s1. The number of carbonyl (C=O) groups excluding carboxylic acids is 2. The maximum Gasteiger partial charge on any atom is 0.472 e. The quantitative estimate of drug-likeness (QED) is 0.0279. The summed E-state index contributed by atoms with van der Waals surface area (Å²) < 4.78 is 34.4. The minimum absolute atomic E-state index is 0.0371. The molecular weight excluding hydrogens is 762 g/mol. The van der Waals surface area contributed by atoms with Crippen molar-refractivity contribution < 1.29 is 42.1 Å². The fourth-order valence-electron chi connectivity index (χ4n) is 7.43. The molecule has 0 rings (SSSR count). The Balaban J connectivity index is 4.19. The third-order valence-corrected chi connectivity index (χ3v) is 12.4. The van der Waals surface area contributed by atoms with Crippen LogP contribution < -0.4 is 0 Å². The summed E-state index contributed by atoms with van der Waals surface area (Å²) >= 11 is 0. The van der Waals surface area contributed by atoms with Gasteiger partial charge in [-0.1, -0.05) is 226 Å². The average Bonchev–Trinajstić information content (AvgIpc) is 3.19. The second-order valence-corrected chi connectivity index (χ2v) is 20.0. The average molecular weight is 861 g/mol. The smallest absolute Gasteiger partial charge is 0.462 e. The van der Waals surface area contributed by atoms with Gasteiger partial charge in [-0.05, 0) is 12.8 Å². The third kappa shape index (κ3) is 46.3. The lowest BCUT2D eigenvalue weighted by molar-refractivity contribution is -0.870.